The van der Waals surface area contributed by atoms with Gasteiger partial charge in [-0.05, 0) is 53.4 Å². The Hall–Kier alpha value is -4.67. The second-order valence-corrected chi connectivity index (χ2v) is 12.0. The normalized spacial score (nSPS) is 13.3. The van der Waals surface area contributed by atoms with Gasteiger partial charge in [0.05, 0.1) is 22.1 Å². The third kappa shape index (κ3) is 2.49. The molecule has 40 heavy (non-hydrogen) atoms. The minimum Gasteiger partial charge on any atom is -0.310 e. The van der Waals surface area contributed by atoms with Crippen LogP contribution in [0.15, 0.2) is 137 Å². The maximum Gasteiger partial charge on any atom is 0.249 e. The molecule has 0 atom stereocenters. The van der Waals surface area contributed by atoms with Crippen molar-refractivity contribution in [2.45, 2.75) is 9.79 Å². The Morgan fingerprint density at radius 2 is 1.20 bits per heavy atom. The average molecular weight is 524 g/mol. The Morgan fingerprint density at radius 1 is 0.500 bits per heavy atom. The first-order valence-corrected chi connectivity index (χ1v) is 14.6. The van der Waals surface area contributed by atoms with Gasteiger partial charge in [-0.15, -0.1) is 0 Å². The maximum absolute atomic E-state index is 2.55. The summed E-state index contributed by atoms with van der Waals surface area (Å²) in [7, 11) is 0. The highest BCUT2D eigenvalue weighted by molar-refractivity contribution is 8.00. The summed E-state index contributed by atoms with van der Waals surface area (Å²) in [5, 5.41) is 5.27. The summed E-state index contributed by atoms with van der Waals surface area (Å²) < 4.78 is 5.04. The fourth-order valence-electron chi connectivity index (χ4n) is 7.47. The molecule has 0 aliphatic carbocycles. The van der Waals surface area contributed by atoms with Gasteiger partial charge < -0.3 is 9.13 Å². The van der Waals surface area contributed by atoms with E-state index in [9.17, 15) is 0 Å². The van der Waals surface area contributed by atoms with E-state index in [0.29, 0.717) is 0 Å². The van der Waals surface area contributed by atoms with Gasteiger partial charge in [-0.25, -0.2) is 0 Å². The fourth-order valence-corrected chi connectivity index (χ4v) is 8.63. The van der Waals surface area contributed by atoms with E-state index in [2.05, 4.69) is 137 Å². The monoisotopic (exact) mass is 524 g/mol. The first-order valence-electron chi connectivity index (χ1n) is 13.8. The summed E-state index contributed by atoms with van der Waals surface area (Å²) in [6.07, 6.45) is 0. The molecule has 2 aliphatic rings. The smallest absolute Gasteiger partial charge is 0.249 e. The summed E-state index contributed by atoms with van der Waals surface area (Å²) >= 11 is 1.91. The number of aromatic nitrogens is 2. The van der Waals surface area contributed by atoms with Crippen molar-refractivity contribution in [1.82, 2.24) is 9.13 Å². The minimum atomic E-state index is 0.200. The predicted octanol–water partition coefficient (Wildman–Crippen LogP) is 7.18. The van der Waals surface area contributed by atoms with Gasteiger partial charge in [0, 0.05) is 42.7 Å². The zero-order valence-corrected chi connectivity index (χ0v) is 22.3. The molecule has 0 amide bonds. The molecule has 6 aromatic carbocycles. The first-order chi connectivity index (χ1) is 19.9. The lowest BCUT2D eigenvalue weighted by atomic mass is 9.35. The number of hydrogen-bond acceptors (Lipinski definition) is 1. The van der Waals surface area contributed by atoms with Crippen LogP contribution in [0.5, 0.6) is 0 Å². The van der Waals surface area contributed by atoms with Gasteiger partial charge in [-0.1, -0.05) is 102 Å². The van der Waals surface area contributed by atoms with Gasteiger partial charge in [0.25, 0.3) is 0 Å². The number of para-hydroxylation sites is 3. The molecule has 0 unspecified atom stereocenters. The van der Waals surface area contributed by atoms with E-state index < -0.39 is 0 Å². The molecule has 4 heteroatoms. The van der Waals surface area contributed by atoms with Crippen molar-refractivity contribution in [3.63, 3.8) is 0 Å². The van der Waals surface area contributed by atoms with E-state index in [-0.39, 0.29) is 6.71 Å². The third-order valence-corrected chi connectivity index (χ3v) is 10.1. The van der Waals surface area contributed by atoms with Gasteiger partial charge in [0.15, 0.2) is 0 Å². The molecular weight excluding hydrogens is 503 g/mol. The van der Waals surface area contributed by atoms with Crippen LogP contribution in [0.1, 0.15) is 0 Å². The lowest BCUT2D eigenvalue weighted by Crippen LogP contribution is -2.58. The van der Waals surface area contributed by atoms with Gasteiger partial charge >= 0.3 is 0 Å². The Bertz CT molecular complexity index is 2360. The van der Waals surface area contributed by atoms with Crippen LogP contribution in [0.3, 0.4) is 0 Å². The SMILES string of the molecule is c1ccc(-n2c3ccccc3c3cc4c5c(c6ccccc6n5-c5cccc6c5B4c4ccccc4S6)c32)cc1. The van der Waals surface area contributed by atoms with Crippen LogP contribution in [0.4, 0.5) is 0 Å². The molecule has 0 fully saturated rings. The van der Waals surface area contributed by atoms with Crippen LogP contribution in [-0.4, -0.2) is 15.8 Å². The molecule has 184 valence electrons. The van der Waals surface area contributed by atoms with Crippen molar-refractivity contribution in [3.05, 3.63) is 127 Å². The summed E-state index contributed by atoms with van der Waals surface area (Å²) in [5.41, 5.74) is 11.9. The lowest BCUT2D eigenvalue weighted by molar-refractivity contribution is 1.17. The van der Waals surface area contributed by atoms with Gasteiger partial charge in [-0.2, -0.15) is 0 Å². The second-order valence-electron chi connectivity index (χ2n) is 10.9. The van der Waals surface area contributed by atoms with Crippen LogP contribution in [-0.2, 0) is 0 Å². The standard InChI is InChI=1S/C36H21BN2S/c1-2-11-22(12-3-1)38-28-16-7-4-13-23(28)25-21-27-36-33(35(25)38)24-14-5-8-17-29(24)39(36)30-18-10-20-32-34(30)37(27)26-15-6-9-19-31(26)40-32/h1-21H. The Kier molecular flexibility index (Phi) is 3.97. The highest BCUT2D eigenvalue weighted by Gasteiger charge is 2.40. The van der Waals surface area contributed by atoms with E-state index in [1.807, 2.05) is 11.8 Å². The van der Waals surface area contributed by atoms with Crippen LogP contribution in [0.2, 0.25) is 0 Å². The average Bonchev–Trinajstić information content (AvgIpc) is 3.53. The van der Waals surface area contributed by atoms with Crippen molar-refractivity contribution in [2.75, 3.05) is 0 Å². The molecule has 2 aromatic heterocycles. The molecule has 0 saturated carbocycles. The third-order valence-electron chi connectivity index (χ3n) is 8.95. The highest BCUT2D eigenvalue weighted by atomic mass is 32.2. The summed E-state index contributed by atoms with van der Waals surface area (Å²) in [5.74, 6) is 0. The highest BCUT2D eigenvalue weighted by Crippen LogP contribution is 2.43. The Balaban J connectivity index is 1.51. The van der Waals surface area contributed by atoms with E-state index in [1.54, 1.807) is 0 Å². The molecule has 0 N–H and O–H groups in total. The second kappa shape index (κ2) is 7.50. The largest absolute Gasteiger partial charge is 0.310 e. The summed E-state index contributed by atoms with van der Waals surface area (Å²) in [4.78, 5) is 2.73. The molecule has 10 rings (SSSR count). The molecular formula is C36H21BN2S. The van der Waals surface area contributed by atoms with Crippen molar-refractivity contribution < 1.29 is 0 Å². The van der Waals surface area contributed by atoms with Crippen LogP contribution in [0.25, 0.3) is 55.0 Å². The summed E-state index contributed by atoms with van der Waals surface area (Å²) in [6, 6.07) is 47.1. The minimum absolute atomic E-state index is 0.200. The van der Waals surface area contributed by atoms with E-state index in [0.717, 1.165) is 0 Å². The number of benzene rings is 6. The van der Waals surface area contributed by atoms with Gasteiger partial charge in [0.1, 0.15) is 0 Å². The van der Waals surface area contributed by atoms with Crippen molar-refractivity contribution in [1.29, 1.82) is 0 Å². The van der Waals surface area contributed by atoms with E-state index in [1.165, 1.54) is 81.2 Å². The van der Waals surface area contributed by atoms with Crippen molar-refractivity contribution in [2.24, 2.45) is 0 Å². The molecule has 4 heterocycles. The zero-order valence-electron chi connectivity index (χ0n) is 21.5. The Labute approximate surface area is 235 Å². The molecule has 0 bridgehead atoms. The van der Waals surface area contributed by atoms with E-state index >= 15 is 0 Å². The number of rotatable bonds is 1. The van der Waals surface area contributed by atoms with Gasteiger partial charge in [0.2, 0.25) is 6.71 Å². The van der Waals surface area contributed by atoms with E-state index in [4.69, 9.17) is 0 Å². The molecule has 2 nitrogen and oxygen atoms in total. The molecule has 0 saturated heterocycles. The first kappa shape index (κ1) is 21.2. The molecule has 2 aliphatic heterocycles. The maximum atomic E-state index is 2.55. The lowest BCUT2D eigenvalue weighted by Gasteiger charge is -2.33. The molecule has 8 aromatic rings. The predicted molar refractivity (Wildman–Crippen MR) is 170 cm³/mol. The van der Waals surface area contributed by atoms with Crippen LogP contribution in [0, 0.1) is 0 Å². The van der Waals surface area contributed by atoms with Crippen molar-refractivity contribution in [3.8, 4) is 11.4 Å². The quantitative estimate of drug-likeness (QED) is 0.207. The Morgan fingerprint density at radius 3 is 2.08 bits per heavy atom. The van der Waals surface area contributed by atoms with Crippen molar-refractivity contribution >= 4 is 78.5 Å². The zero-order chi connectivity index (χ0) is 25.9. The number of nitrogens with zero attached hydrogens (tertiary/aromatic N) is 2. The fraction of sp³-hybridized carbons (Fsp3) is 0. The summed E-state index contributed by atoms with van der Waals surface area (Å²) in [6.45, 7) is 0.200. The molecule has 0 spiro atoms. The van der Waals surface area contributed by atoms with Crippen LogP contribution < -0.4 is 16.4 Å². The van der Waals surface area contributed by atoms with Gasteiger partial charge in [-0.3, -0.25) is 0 Å². The number of fused-ring (bicyclic) bond motifs is 11. The van der Waals surface area contributed by atoms with Crippen LogP contribution >= 0.6 is 11.8 Å². The topological polar surface area (TPSA) is 9.86 Å². The molecule has 0 radical (unpaired) electrons. The number of hydrogen-bond donors (Lipinski definition) is 0.